The van der Waals surface area contributed by atoms with Gasteiger partial charge in [-0.2, -0.15) is 8.42 Å². The highest BCUT2D eigenvalue weighted by atomic mass is 32.2. The van der Waals surface area contributed by atoms with Crippen LogP contribution in [0.4, 0.5) is 5.69 Å². The fourth-order valence-corrected chi connectivity index (χ4v) is 3.08. The molecule has 1 atom stereocenters. The molecule has 0 aromatic heterocycles. The van der Waals surface area contributed by atoms with E-state index in [2.05, 4.69) is 6.92 Å². The van der Waals surface area contributed by atoms with Crippen LogP contribution in [0.5, 0.6) is 0 Å². The van der Waals surface area contributed by atoms with Gasteiger partial charge in [-0.25, -0.2) is 0 Å². The Balaban J connectivity index is 2.73. The van der Waals surface area contributed by atoms with Gasteiger partial charge in [0.25, 0.3) is 15.8 Å². The molecular formula is C17H25NO6S. The summed E-state index contributed by atoms with van der Waals surface area (Å²) in [5, 5.41) is 10.7. The van der Waals surface area contributed by atoms with Gasteiger partial charge in [-0.15, -0.1) is 0 Å². The molecule has 0 fully saturated rings. The summed E-state index contributed by atoms with van der Waals surface area (Å²) in [6, 6.07) is 5.08. The van der Waals surface area contributed by atoms with Crippen molar-refractivity contribution in [3.63, 3.8) is 0 Å². The van der Waals surface area contributed by atoms with Gasteiger partial charge in [0, 0.05) is 17.7 Å². The average molecular weight is 371 g/mol. The lowest BCUT2D eigenvalue weighted by Crippen LogP contribution is -2.27. The van der Waals surface area contributed by atoms with Crippen LogP contribution in [-0.2, 0) is 14.3 Å². The molecule has 0 saturated carbocycles. The largest absolute Gasteiger partial charge is 0.291 e. The van der Waals surface area contributed by atoms with Gasteiger partial charge in [-0.1, -0.05) is 45.4 Å². The standard InChI is InChI=1S/C17H25NO6S/c1-3-4-5-6-7-8-9-16(24-25(2,22)23)17(19)14-10-12-15(13-11-14)18(20)21/h10-13,16H,3-9H2,1-2H3. The zero-order chi connectivity index (χ0) is 18.9. The summed E-state index contributed by atoms with van der Waals surface area (Å²) in [7, 11) is -3.78. The number of carbonyl (C=O) groups is 1. The van der Waals surface area contributed by atoms with Crippen LogP contribution in [-0.4, -0.2) is 31.5 Å². The van der Waals surface area contributed by atoms with Crippen molar-refractivity contribution < 1.29 is 22.3 Å². The van der Waals surface area contributed by atoms with Crippen LogP contribution in [0.3, 0.4) is 0 Å². The number of nitrogens with zero attached hydrogens (tertiary/aromatic N) is 1. The van der Waals surface area contributed by atoms with E-state index in [4.69, 9.17) is 4.18 Å². The summed E-state index contributed by atoms with van der Waals surface area (Å²) in [6.45, 7) is 2.12. The van der Waals surface area contributed by atoms with Crippen molar-refractivity contribution in [2.75, 3.05) is 6.26 Å². The molecule has 0 heterocycles. The number of benzene rings is 1. The van der Waals surface area contributed by atoms with Crippen LogP contribution < -0.4 is 0 Å². The van der Waals surface area contributed by atoms with Gasteiger partial charge in [-0.05, 0) is 18.6 Å². The van der Waals surface area contributed by atoms with Crippen LogP contribution in [0, 0.1) is 10.1 Å². The maximum absolute atomic E-state index is 12.5. The summed E-state index contributed by atoms with van der Waals surface area (Å²) in [5.74, 6) is -0.478. The molecule has 140 valence electrons. The second-order valence-corrected chi connectivity index (χ2v) is 7.61. The molecule has 1 aromatic carbocycles. The Hall–Kier alpha value is -1.80. The van der Waals surface area contributed by atoms with Crippen LogP contribution in [0.1, 0.15) is 62.2 Å². The highest BCUT2D eigenvalue weighted by Gasteiger charge is 2.25. The molecule has 0 spiro atoms. The number of nitro benzene ring substituents is 1. The Kier molecular flexibility index (Phi) is 8.71. The third kappa shape index (κ3) is 8.22. The van der Waals surface area contributed by atoms with Gasteiger partial charge in [0.2, 0.25) is 0 Å². The quantitative estimate of drug-likeness (QED) is 0.182. The van der Waals surface area contributed by atoms with Gasteiger partial charge in [0.15, 0.2) is 5.78 Å². The van der Waals surface area contributed by atoms with Crippen molar-refractivity contribution in [1.29, 1.82) is 0 Å². The number of non-ortho nitro benzene ring substituents is 1. The number of carbonyl (C=O) groups excluding carboxylic acids is 1. The zero-order valence-corrected chi connectivity index (χ0v) is 15.5. The SMILES string of the molecule is CCCCCCCCC(OS(C)(=O)=O)C(=O)c1ccc([N+](=O)[O-])cc1. The van der Waals surface area contributed by atoms with E-state index in [1.165, 1.54) is 24.3 Å². The molecule has 0 saturated heterocycles. The van der Waals surface area contributed by atoms with E-state index in [1.54, 1.807) is 0 Å². The molecule has 8 heteroatoms. The maximum Gasteiger partial charge on any atom is 0.269 e. The number of rotatable bonds is 12. The molecular weight excluding hydrogens is 346 g/mol. The lowest BCUT2D eigenvalue weighted by Gasteiger charge is -2.15. The van der Waals surface area contributed by atoms with E-state index >= 15 is 0 Å². The molecule has 25 heavy (non-hydrogen) atoms. The predicted octanol–water partition coefficient (Wildman–Crippen LogP) is 3.87. The second-order valence-electron chi connectivity index (χ2n) is 6.01. The summed E-state index contributed by atoms with van der Waals surface area (Å²) in [4.78, 5) is 22.6. The van der Waals surface area contributed by atoms with Gasteiger partial charge in [0.05, 0.1) is 11.2 Å². The van der Waals surface area contributed by atoms with E-state index in [1.807, 2.05) is 0 Å². The first-order valence-corrected chi connectivity index (χ1v) is 10.2. The first-order valence-electron chi connectivity index (χ1n) is 8.41. The summed E-state index contributed by atoms with van der Waals surface area (Å²) >= 11 is 0. The predicted molar refractivity (Wildman–Crippen MR) is 95.1 cm³/mol. The van der Waals surface area contributed by atoms with Gasteiger partial charge in [0.1, 0.15) is 6.10 Å². The molecule has 0 amide bonds. The van der Waals surface area contributed by atoms with Gasteiger partial charge >= 0.3 is 0 Å². The van der Waals surface area contributed by atoms with E-state index in [0.29, 0.717) is 12.8 Å². The normalized spacial score (nSPS) is 12.7. The molecule has 0 bridgehead atoms. The summed E-state index contributed by atoms with van der Waals surface area (Å²) in [6.07, 6.45) is 6.14. The molecule has 0 radical (unpaired) electrons. The minimum atomic E-state index is -3.78. The molecule has 1 rings (SSSR count). The van der Waals surface area contributed by atoms with Crippen molar-refractivity contribution in [1.82, 2.24) is 0 Å². The molecule has 1 unspecified atom stereocenters. The Morgan fingerprint density at radius 3 is 2.20 bits per heavy atom. The topological polar surface area (TPSA) is 104 Å². The lowest BCUT2D eigenvalue weighted by atomic mass is 10.0. The first-order chi connectivity index (χ1) is 11.7. The molecule has 0 aliphatic rings. The fourth-order valence-electron chi connectivity index (χ4n) is 2.48. The molecule has 1 aromatic rings. The number of hydrogen-bond acceptors (Lipinski definition) is 6. The van der Waals surface area contributed by atoms with Crippen LogP contribution in [0.15, 0.2) is 24.3 Å². The number of nitro groups is 1. The van der Waals surface area contributed by atoms with Crippen LogP contribution in [0.2, 0.25) is 0 Å². The zero-order valence-electron chi connectivity index (χ0n) is 14.6. The van der Waals surface area contributed by atoms with Crippen LogP contribution in [0.25, 0.3) is 0 Å². The monoisotopic (exact) mass is 371 g/mol. The Bertz CT molecular complexity index is 669. The number of Topliss-reactive ketones (excluding diaryl/α,β-unsaturated/α-hetero) is 1. The minimum absolute atomic E-state index is 0.131. The summed E-state index contributed by atoms with van der Waals surface area (Å²) < 4.78 is 27.8. The van der Waals surface area contributed by atoms with Crippen molar-refractivity contribution in [2.45, 2.75) is 58.0 Å². The fraction of sp³-hybridized carbons (Fsp3) is 0.588. The van der Waals surface area contributed by atoms with Crippen molar-refractivity contribution in [3.8, 4) is 0 Å². The highest BCUT2D eigenvalue weighted by molar-refractivity contribution is 7.86. The van der Waals surface area contributed by atoms with Gasteiger partial charge in [-0.3, -0.25) is 19.1 Å². The van der Waals surface area contributed by atoms with Crippen molar-refractivity contribution in [3.05, 3.63) is 39.9 Å². The van der Waals surface area contributed by atoms with E-state index in [0.717, 1.165) is 38.4 Å². The Morgan fingerprint density at radius 1 is 1.12 bits per heavy atom. The number of ketones is 1. The Labute approximate surface area is 148 Å². The first kappa shape index (κ1) is 21.2. The number of hydrogen-bond donors (Lipinski definition) is 0. The Morgan fingerprint density at radius 2 is 1.68 bits per heavy atom. The van der Waals surface area contributed by atoms with E-state index in [9.17, 15) is 23.3 Å². The maximum atomic E-state index is 12.5. The number of unbranched alkanes of at least 4 members (excludes halogenated alkanes) is 5. The molecule has 0 N–H and O–H groups in total. The molecule has 7 nitrogen and oxygen atoms in total. The van der Waals surface area contributed by atoms with Crippen molar-refractivity contribution >= 4 is 21.6 Å². The second kappa shape index (κ2) is 10.2. The van der Waals surface area contributed by atoms with Crippen molar-refractivity contribution in [2.24, 2.45) is 0 Å². The molecule has 0 aliphatic carbocycles. The molecule has 0 aliphatic heterocycles. The van der Waals surface area contributed by atoms with Crippen LogP contribution >= 0.6 is 0 Å². The third-order valence-corrected chi connectivity index (χ3v) is 4.35. The van der Waals surface area contributed by atoms with E-state index < -0.39 is 26.9 Å². The minimum Gasteiger partial charge on any atom is -0.291 e. The average Bonchev–Trinajstić information content (AvgIpc) is 2.55. The lowest BCUT2D eigenvalue weighted by molar-refractivity contribution is -0.384. The van der Waals surface area contributed by atoms with E-state index in [-0.39, 0.29) is 11.3 Å². The van der Waals surface area contributed by atoms with Gasteiger partial charge < -0.3 is 0 Å². The third-order valence-electron chi connectivity index (χ3n) is 3.77. The smallest absolute Gasteiger partial charge is 0.269 e. The highest BCUT2D eigenvalue weighted by Crippen LogP contribution is 2.18. The summed E-state index contributed by atoms with van der Waals surface area (Å²) in [5.41, 5.74) is 0.0679.